The number of carbonyl (C=O) groups is 1. The zero-order valence-electron chi connectivity index (χ0n) is 12.6. The number of piperidine rings is 1. The molecule has 0 spiro atoms. The lowest BCUT2D eigenvalue weighted by molar-refractivity contribution is -0.0546. The first-order valence-corrected chi connectivity index (χ1v) is 7.52. The van der Waals surface area contributed by atoms with Gasteiger partial charge in [0.15, 0.2) is 0 Å². The number of nitrogens with zero attached hydrogens (tertiary/aromatic N) is 2. The van der Waals surface area contributed by atoms with Gasteiger partial charge < -0.3 is 15.1 Å². The number of rotatable bonds is 3. The minimum absolute atomic E-state index is 0.216. The predicted molar refractivity (Wildman–Crippen MR) is 83.6 cm³/mol. The zero-order valence-corrected chi connectivity index (χ0v) is 12.6. The summed E-state index contributed by atoms with van der Waals surface area (Å²) in [5, 5.41) is 22.0. The van der Waals surface area contributed by atoms with E-state index in [1.165, 1.54) is 10.7 Å². The van der Waals surface area contributed by atoms with Crippen LogP contribution in [0.5, 0.6) is 0 Å². The van der Waals surface area contributed by atoms with Gasteiger partial charge in [-0.3, -0.25) is 14.7 Å². The molecule has 0 saturated carbocycles. The van der Waals surface area contributed by atoms with Gasteiger partial charge in [0.25, 0.3) is 11.5 Å². The van der Waals surface area contributed by atoms with Crippen LogP contribution < -0.4 is 5.56 Å². The highest BCUT2D eigenvalue weighted by Gasteiger charge is 2.34. The third kappa shape index (κ3) is 3.06. The van der Waals surface area contributed by atoms with E-state index in [9.17, 15) is 14.7 Å². The maximum atomic E-state index is 12.5. The molecular formula is C16H19N3O4. The van der Waals surface area contributed by atoms with E-state index in [4.69, 9.17) is 5.11 Å². The normalized spacial score (nSPS) is 17.2. The lowest BCUT2D eigenvalue weighted by atomic mass is 9.92. The number of aromatic nitrogens is 2. The minimum atomic E-state index is -1.11. The SMILES string of the molecule is O=C(c1cc(=O)n(-c2ccccc2)[nH]1)N1CCC(O)(CO)CC1. The second-order valence-corrected chi connectivity index (χ2v) is 5.85. The minimum Gasteiger partial charge on any atom is -0.393 e. The molecule has 0 bridgehead atoms. The van der Waals surface area contributed by atoms with Crippen LogP contribution in [0.4, 0.5) is 0 Å². The van der Waals surface area contributed by atoms with E-state index in [1.54, 1.807) is 17.0 Å². The van der Waals surface area contributed by atoms with Gasteiger partial charge in [0, 0.05) is 19.2 Å². The standard InChI is InChI=1S/C16H19N3O4/c20-11-16(23)6-8-18(9-7-16)15(22)13-10-14(21)19(17-13)12-4-2-1-3-5-12/h1-5,10,17,20,23H,6-9,11H2. The van der Waals surface area contributed by atoms with Crippen molar-refractivity contribution in [2.75, 3.05) is 19.7 Å². The maximum absolute atomic E-state index is 12.5. The fraction of sp³-hybridized carbons (Fsp3) is 0.375. The Kier molecular flexibility index (Phi) is 4.06. The molecule has 1 aliphatic heterocycles. The summed E-state index contributed by atoms with van der Waals surface area (Å²) < 4.78 is 1.32. The van der Waals surface area contributed by atoms with E-state index in [1.807, 2.05) is 18.2 Å². The van der Waals surface area contributed by atoms with Crippen LogP contribution in [0.2, 0.25) is 0 Å². The van der Waals surface area contributed by atoms with Crippen molar-refractivity contribution in [3.63, 3.8) is 0 Å². The van der Waals surface area contributed by atoms with E-state index in [2.05, 4.69) is 5.10 Å². The Morgan fingerprint density at radius 3 is 2.48 bits per heavy atom. The van der Waals surface area contributed by atoms with Gasteiger partial charge in [-0.15, -0.1) is 0 Å². The van der Waals surface area contributed by atoms with Crippen LogP contribution >= 0.6 is 0 Å². The van der Waals surface area contributed by atoms with E-state index < -0.39 is 5.60 Å². The van der Waals surface area contributed by atoms with E-state index in [0.29, 0.717) is 31.6 Å². The third-order valence-corrected chi connectivity index (χ3v) is 4.24. The summed E-state index contributed by atoms with van der Waals surface area (Å²) >= 11 is 0. The van der Waals surface area contributed by atoms with Crippen LogP contribution in [0.3, 0.4) is 0 Å². The van der Waals surface area contributed by atoms with Crippen LogP contribution in [-0.2, 0) is 0 Å². The Hall–Kier alpha value is -2.38. The third-order valence-electron chi connectivity index (χ3n) is 4.24. The van der Waals surface area contributed by atoms with Crippen molar-refractivity contribution < 1.29 is 15.0 Å². The monoisotopic (exact) mass is 317 g/mol. The summed E-state index contributed by atoms with van der Waals surface area (Å²) in [5.74, 6) is -0.281. The molecule has 1 saturated heterocycles. The number of aromatic amines is 1. The van der Waals surface area contributed by atoms with Crippen LogP contribution in [0.1, 0.15) is 23.3 Å². The maximum Gasteiger partial charge on any atom is 0.271 e. The Morgan fingerprint density at radius 1 is 1.22 bits per heavy atom. The van der Waals surface area contributed by atoms with Crippen molar-refractivity contribution in [1.82, 2.24) is 14.7 Å². The molecule has 3 N–H and O–H groups in total. The molecule has 0 unspecified atom stereocenters. The number of benzene rings is 1. The molecule has 2 aromatic rings. The van der Waals surface area contributed by atoms with Gasteiger partial charge in [-0.05, 0) is 25.0 Å². The number of amides is 1. The Bertz CT molecular complexity index is 742. The number of aliphatic hydroxyl groups excluding tert-OH is 1. The molecule has 1 aliphatic rings. The molecule has 2 heterocycles. The zero-order chi connectivity index (χ0) is 16.4. The van der Waals surface area contributed by atoms with E-state index in [0.717, 1.165) is 0 Å². The smallest absolute Gasteiger partial charge is 0.271 e. The van der Waals surface area contributed by atoms with E-state index >= 15 is 0 Å². The van der Waals surface area contributed by atoms with Gasteiger partial charge >= 0.3 is 0 Å². The fourth-order valence-electron chi connectivity index (χ4n) is 2.73. The van der Waals surface area contributed by atoms with Crippen molar-refractivity contribution in [3.05, 3.63) is 52.4 Å². The van der Waals surface area contributed by atoms with E-state index in [-0.39, 0.29) is 23.8 Å². The summed E-state index contributed by atoms with van der Waals surface area (Å²) in [7, 11) is 0. The number of hydrogen-bond donors (Lipinski definition) is 3. The number of likely N-dealkylation sites (tertiary alicyclic amines) is 1. The van der Waals surface area contributed by atoms with Crippen molar-refractivity contribution in [3.8, 4) is 5.69 Å². The highest BCUT2D eigenvalue weighted by atomic mass is 16.3. The second kappa shape index (κ2) is 6.02. The van der Waals surface area contributed by atoms with Gasteiger partial charge in [0.1, 0.15) is 5.69 Å². The highest BCUT2D eigenvalue weighted by molar-refractivity contribution is 5.92. The van der Waals surface area contributed by atoms with Crippen molar-refractivity contribution in [2.24, 2.45) is 0 Å². The first-order valence-electron chi connectivity index (χ1n) is 7.52. The van der Waals surface area contributed by atoms with Crippen LogP contribution in [0.15, 0.2) is 41.2 Å². The number of nitrogens with one attached hydrogen (secondary N) is 1. The molecule has 0 atom stereocenters. The van der Waals surface area contributed by atoms with Gasteiger partial charge in [-0.25, -0.2) is 4.68 Å². The predicted octanol–water partition coefficient (Wildman–Crippen LogP) is 0.125. The lowest BCUT2D eigenvalue weighted by Crippen LogP contribution is -2.48. The summed E-state index contributed by atoms with van der Waals surface area (Å²) in [4.78, 5) is 26.1. The van der Waals surface area contributed by atoms with Crippen molar-refractivity contribution in [1.29, 1.82) is 0 Å². The van der Waals surface area contributed by atoms with Gasteiger partial charge in [0.2, 0.25) is 0 Å². The number of para-hydroxylation sites is 1. The number of carbonyl (C=O) groups excluding carboxylic acids is 1. The van der Waals surface area contributed by atoms with Crippen LogP contribution in [0, 0.1) is 0 Å². The largest absolute Gasteiger partial charge is 0.393 e. The molecule has 7 nitrogen and oxygen atoms in total. The lowest BCUT2D eigenvalue weighted by Gasteiger charge is -2.36. The number of H-pyrrole nitrogens is 1. The Morgan fingerprint density at radius 2 is 1.87 bits per heavy atom. The van der Waals surface area contributed by atoms with Gasteiger partial charge in [-0.1, -0.05) is 18.2 Å². The topological polar surface area (TPSA) is 98.6 Å². The molecule has 23 heavy (non-hydrogen) atoms. The average molecular weight is 317 g/mol. The average Bonchev–Trinajstić information content (AvgIpc) is 2.97. The van der Waals surface area contributed by atoms with Gasteiger partial charge in [-0.2, -0.15) is 0 Å². The summed E-state index contributed by atoms with van der Waals surface area (Å²) in [6.45, 7) is 0.374. The molecule has 0 aliphatic carbocycles. The first kappa shape index (κ1) is 15.5. The van der Waals surface area contributed by atoms with Crippen LogP contribution in [-0.4, -0.2) is 56.1 Å². The molecule has 1 aromatic heterocycles. The van der Waals surface area contributed by atoms with Crippen LogP contribution in [0.25, 0.3) is 5.69 Å². The molecule has 7 heteroatoms. The second-order valence-electron chi connectivity index (χ2n) is 5.85. The molecule has 1 amide bonds. The molecule has 0 radical (unpaired) electrons. The van der Waals surface area contributed by atoms with Gasteiger partial charge in [0.05, 0.1) is 17.9 Å². The Labute approximate surface area is 132 Å². The summed E-state index contributed by atoms with van der Waals surface area (Å²) in [6.07, 6.45) is 0.637. The highest BCUT2D eigenvalue weighted by Crippen LogP contribution is 2.22. The first-order chi connectivity index (χ1) is 11.0. The van der Waals surface area contributed by atoms with Crippen molar-refractivity contribution >= 4 is 5.91 Å². The molecule has 3 rings (SSSR count). The molecule has 1 aromatic carbocycles. The Balaban J connectivity index is 1.78. The molecule has 122 valence electrons. The van der Waals surface area contributed by atoms with Crippen molar-refractivity contribution in [2.45, 2.75) is 18.4 Å². The number of aliphatic hydroxyl groups is 2. The fourth-order valence-corrected chi connectivity index (χ4v) is 2.73. The molecule has 1 fully saturated rings. The summed E-state index contributed by atoms with van der Waals surface area (Å²) in [5.41, 5.74) is -0.540. The number of hydrogen-bond acceptors (Lipinski definition) is 4. The molecular weight excluding hydrogens is 298 g/mol. The quantitative estimate of drug-likeness (QED) is 0.749. The summed E-state index contributed by atoms with van der Waals surface area (Å²) in [6, 6.07) is 10.3.